The van der Waals surface area contributed by atoms with Crippen molar-refractivity contribution in [3.05, 3.63) is 60.1 Å². The summed E-state index contributed by atoms with van der Waals surface area (Å²) in [5, 5.41) is 0. The molecule has 1 aromatic heterocycles. The lowest BCUT2D eigenvalue weighted by Crippen LogP contribution is -2.53. The standard InChI is InChI=1S/C22H27N3O3/c1-23-12-13-25(19(16-23)17-7-3-2-4-8-17)21(26)18-9-5-11-24(15-18)22(27)20-10-6-14-28-20/h2-4,6-8,10,14,18-19H,5,9,11-13,15-16H2,1H3. The molecule has 0 aliphatic carbocycles. The minimum Gasteiger partial charge on any atom is -0.459 e. The molecule has 6 nitrogen and oxygen atoms in total. The highest BCUT2D eigenvalue weighted by atomic mass is 16.3. The second-order valence-electron chi connectivity index (χ2n) is 7.79. The molecule has 0 bridgehead atoms. The molecule has 0 radical (unpaired) electrons. The molecule has 2 saturated heterocycles. The van der Waals surface area contributed by atoms with Gasteiger partial charge in [-0.05, 0) is 37.6 Å². The van der Waals surface area contributed by atoms with E-state index in [1.165, 1.54) is 11.8 Å². The molecule has 4 rings (SSSR count). The van der Waals surface area contributed by atoms with Gasteiger partial charge in [0.1, 0.15) is 0 Å². The van der Waals surface area contributed by atoms with E-state index < -0.39 is 0 Å². The normalized spacial score (nSPS) is 23.6. The van der Waals surface area contributed by atoms with Crippen LogP contribution in [0.25, 0.3) is 0 Å². The van der Waals surface area contributed by atoms with Crippen molar-refractivity contribution in [1.29, 1.82) is 0 Å². The highest BCUT2D eigenvalue weighted by Gasteiger charge is 2.37. The quantitative estimate of drug-likeness (QED) is 0.820. The number of piperidine rings is 1. The number of likely N-dealkylation sites (tertiary alicyclic amines) is 1. The molecule has 2 aromatic rings. The Kier molecular flexibility index (Phi) is 5.48. The predicted octanol–water partition coefficient (Wildman–Crippen LogP) is 2.65. The molecule has 2 aliphatic rings. The molecule has 148 valence electrons. The fourth-order valence-electron chi connectivity index (χ4n) is 4.30. The summed E-state index contributed by atoms with van der Waals surface area (Å²) < 4.78 is 5.26. The number of carbonyl (C=O) groups is 2. The molecule has 0 saturated carbocycles. The van der Waals surface area contributed by atoms with E-state index in [2.05, 4.69) is 24.1 Å². The van der Waals surface area contributed by atoms with Crippen LogP contribution < -0.4 is 0 Å². The van der Waals surface area contributed by atoms with Crippen LogP contribution in [-0.4, -0.2) is 66.3 Å². The first-order valence-electron chi connectivity index (χ1n) is 10.00. The fourth-order valence-corrected chi connectivity index (χ4v) is 4.30. The molecule has 0 N–H and O–H groups in total. The Morgan fingerprint density at radius 3 is 2.57 bits per heavy atom. The van der Waals surface area contributed by atoms with Gasteiger partial charge < -0.3 is 19.1 Å². The first kappa shape index (κ1) is 18.7. The summed E-state index contributed by atoms with van der Waals surface area (Å²) in [6.07, 6.45) is 3.18. The molecule has 2 amide bonds. The predicted molar refractivity (Wildman–Crippen MR) is 106 cm³/mol. The van der Waals surface area contributed by atoms with Crippen LogP contribution in [0.1, 0.15) is 35.0 Å². The van der Waals surface area contributed by atoms with Crippen molar-refractivity contribution in [3.8, 4) is 0 Å². The van der Waals surface area contributed by atoms with Crippen molar-refractivity contribution in [2.45, 2.75) is 18.9 Å². The van der Waals surface area contributed by atoms with Crippen LogP contribution in [0.3, 0.4) is 0 Å². The van der Waals surface area contributed by atoms with Gasteiger partial charge in [0, 0.05) is 32.7 Å². The number of nitrogens with zero attached hydrogens (tertiary/aromatic N) is 3. The van der Waals surface area contributed by atoms with Gasteiger partial charge >= 0.3 is 0 Å². The molecule has 6 heteroatoms. The van der Waals surface area contributed by atoms with Crippen molar-refractivity contribution >= 4 is 11.8 Å². The lowest BCUT2D eigenvalue weighted by Gasteiger charge is -2.43. The third kappa shape index (κ3) is 3.83. The Morgan fingerprint density at radius 2 is 1.82 bits per heavy atom. The number of hydrogen-bond donors (Lipinski definition) is 0. The van der Waals surface area contributed by atoms with Gasteiger partial charge in [-0.3, -0.25) is 9.59 Å². The summed E-state index contributed by atoms with van der Waals surface area (Å²) in [5.74, 6) is 0.233. The molecule has 2 atom stereocenters. The second-order valence-corrected chi connectivity index (χ2v) is 7.79. The summed E-state index contributed by atoms with van der Waals surface area (Å²) in [4.78, 5) is 32.1. The van der Waals surface area contributed by atoms with E-state index in [0.717, 1.165) is 32.5 Å². The van der Waals surface area contributed by atoms with Crippen LogP contribution >= 0.6 is 0 Å². The minimum atomic E-state index is -0.151. The van der Waals surface area contributed by atoms with Crippen molar-refractivity contribution in [1.82, 2.24) is 14.7 Å². The number of furan rings is 1. The van der Waals surface area contributed by atoms with Crippen LogP contribution in [0.5, 0.6) is 0 Å². The largest absolute Gasteiger partial charge is 0.459 e. The number of benzene rings is 1. The van der Waals surface area contributed by atoms with Gasteiger partial charge in [-0.15, -0.1) is 0 Å². The first-order chi connectivity index (χ1) is 13.6. The lowest BCUT2D eigenvalue weighted by atomic mass is 9.93. The third-order valence-electron chi connectivity index (χ3n) is 5.84. The number of carbonyl (C=O) groups excluding carboxylic acids is 2. The number of piperazine rings is 1. The minimum absolute atomic E-state index is 0.0589. The zero-order valence-corrected chi connectivity index (χ0v) is 16.3. The van der Waals surface area contributed by atoms with Crippen molar-refractivity contribution in [3.63, 3.8) is 0 Å². The maximum absolute atomic E-state index is 13.4. The Balaban J connectivity index is 1.49. The molecule has 2 aliphatic heterocycles. The van der Waals surface area contributed by atoms with Crippen LogP contribution in [0.15, 0.2) is 53.1 Å². The van der Waals surface area contributed by atoms with E-state index in [-0.39, 0.29) is 23.8 Å². The molecular formula is C22H27N3O3. The Morgan fingerprint density at radius 1 is 1.00 bits per heavy atom. The van der Waals surface area contributed by atoms with E-state index in [9.17, 15) is 9.59 Å². The van der Waals surface area contributed by atoms with E-state index >= 15 is 0 Å². The van der Waals surface area contributed by atoms with Gasteiger partial charge in [-0.2, -0.15) is 0 Å². The van der Waals surface area contributed by atoms with Crippen molar-refractivity contribution in [2.24, 2.45) is 5.92 Å². The third-order valence-corrected chi connectivity index (χ3v) is 5.84. The second kappa shape index (κ2) is 8.19. The van der Waals surface area contributed by atoms with Crippen LogP contribution in [-0.2, 0) is 4.79 Å². The van der Waals surface area contributed by atoms with Crippen LogP contribution in [0, 0.1) is 5.92 Å². The van der Waals surface area contributed by atoms with Gasteiger partial charge in [-0.25, -0.2) is 0 Å². The highest BCUT2D eigenvalue weighted by Crippen LogP contribution is 2.29. The van der Waals surface area contributed by atoms with E-state index in [4.69, 9.17) is 4.42 Å². The average Bonchev–Trinajstić information content (AvgIpc) is 3.28. The van der Waals surface area contributed by atoms with Crippen LogP contribution in [0.2, 0.25) is 0 Å². The van der Waals surface area contributed by atoms with Gasteiger partial charge in [0.2, 0.25) is 5.91 Å². The Hall–Kier alpha value is -2.60. The monoisotopic (exact) mass is 381 g/mol. The topological polar surface area (TPSA) is 57.0 Å². The first-order valence-corrected chi connectivity index (χ1v) is 10.00. The number of likely N-dealkylation sites (N-methyl/N-ethyl adjacent to an activating group) is 1. The van der Waals surface area contributed by atoms with E-state index in [1.54, 1.807) is 17.0 Å². The fraction of sp³-hybridized carbons (Fsp3) is 0.455. The molecule has 3 heterocycles. The van der Waals surface area contributed by atoms with Crippen molar-refractivity contribution in [2.75, 3.05) is 39.8 Å². The Labute approximate surface area is 165 Å². The molecule has 1 aromatic carbocycles. The van der Waals surface area contributed by atoms with Crippen molar-refractivity contribution < 1.29 is 14.0 Å². The summed E-state index contributed by atoms with van der Waals surface area (Å²) in [6.45, 7) is 3.56. The molecule has 2 fully saturated rings. The maximum Gasteiger partial charge on any atom is 0.289 e. The molecular weight excluding hydrogens is 354 g/mol. The van der Waals surface area contributed by atoms with Gasteiger partial charge in [0.15, 0.2) is 5.76 Å². The lowest BCUT2D eigenvalue weighted by molar-refractivity contribution is -0.142. The molecule has 28 heavy (non-hydrogen) atoms. The number of rotatable bonds is 3. The number of amides is 2. The molecule has 0 spiro atoms. The summed E-state index contributed by atoms with van der Waals surface area (Å²) in [7, 11) is 2.10. The zero-order chi connectivity index (χ0) is 19.5. The van der Waals surface area contributed by atoms with Crippen LogP contribution in [0.4, 0.5) is 0 Å². The van der Waals surface area contributed by atoms with E-state index in [1.807, 2.05) is 23.1 Å². The average molecular weight is 381 g/mol. The van der Waals surface area contributed by atoms with Gasteiger partial charge in [0.05, 0.1) is 18.2 Å². The van der Waals surface area contributed by atoms with Gasteiger partial charge in [-0.1, -0.05) is 30.3 Å². The smallest absolute Gasteiger partial charge is 0.289 e. The highest BCUT2D eigenvalue weighted by molar-refractivity contribution is 5.92. The summed E-state index contributed by atoms with van der Waals surface area (Å²) in [6, 6.07) is 13.7. The summed E-state index contributed by atoms with van der Waals surface area (Å²) in [5.41, 5.74) is 1.17. The molecule has 2 unspecified atom stereocenters. The maximum atomic E-state index is 13.4. The van der Waals surface area contributed by atoms with Gasteiger partial charge in [0.25, 0.3) is 5.91 Å². The SMILES string of the molecule is CN1CCN(C(=O)C2CCCN(C(=O)c3ccco3)C2)C(c2ccccc2)C1. The Bertz CT molecular complexity index is 806. The number of hydrogen-bond acceptors (Lipinski definition) is 4. The van der Waals surface area contributed by atoms with E-state index in [0.29, 0.717) is 18.8 Å². The zero-order valence-electron chi connectivity index (χ0n) is 16.3. The summed E-state index contributed by atoms with van der Waals surface area (Å²) >= 11 is 0.